The van der Waals surface area contributed by atoms with Gasteiger partial charge in [-0.25, -0.2) is 4.79 Å². The third-order valence-corrected chi connectivity index (χ3v) is 4.34. The van der Waals surface area contributed by atoms with E-state index in [1.54, 1.807) is 25.1 Å². The minimum Gasteiger partial charge on any atom is -0.479 e. The first-order valence-electron chi connectivity index (χ1n) is 9.56. The van der Waals surface area contributed by atoms with Crippen molar-refractivity contribution < 1.29 is 23.4 Å². The molecule has 0 aliphatic rings. The summed E-state index contributed by atoms with van der Waals surface area (Å²) in [5.74, 6) is 0.681. The van der Waals surface area contributed by atoms with Gasteiger partial charge in [0.15, 0.2) is 6.10 Å². The highest BCUT2D eigenvalue weighted by atomic mass is 16.6. The van der Waals surface area contributed by atoms with Gasteiger partial charge >= 0.3 is 5.97 Å². The molecule has 152 valence electrons. The second kappa shape index (κ2) is 8.82. The molecule has 1 aromatic heterocycles. The van der Waals surface area contributed by atoms with Gasteiger partial charge in [-0.15, -0.1) is 0 Å². The van der Waals surface area contributed by atoms with Crippen molar-refractivity contribution in [1.82, 2.24) is 0 Å². The molecule has 0 aliphatic heterocycles. The third kappa shape index (κ3) is 4.77. The van der Waals surface area contributed by atoms with Crippen molar-refractivity contribution in [2.45, 2.75) is 40.2 Å². The van der Waals surface area contributed by atoms with Crippen molar-refractivity contribution in [2.24, 2.45) is 0 Å². The standard InChI is InChI=1S/C23H24O6/c1-5-19(23(25)26-6-2)28-16-7-8-18-20(12-16)27-13-21(22(18)24)29-17-10-14(3)9-15(4)11-17/h7-13,19H,5-6H2,1-4H3. The molecule has 29 heavy (non-hydrogen) atoms. The molecule has 0 spiro atoms. The van der Waals surface area contributed by atoms with E-state index in [2.05, 4.69) is 0 Å². The van der Waals surface area contributed by atoms with Crippen LogP contribution in [-0.4, -0.2) is 18.7 Å². The summed E-state index contributed by atoms with van der Waals surface area (Å²) in [6.45, 7) is 7.79. The van der Waals surface area contributed by atoms with Gasteiger partial charge in [0, 0.05) is 6.07 Å². The van der Waals surface area contributed by atoms with Crippen molar-refractivity contribution in [2.75, 3.05) is 6.61 Å². The fraction of sp³-hybridized carbons (Fsp3) is 0.304. The second-order valence-corrected chi connectivity index (χ2v) is 6.78. The Kier molecular flexibility index (Phi) is 6.22. The smallest absolute Gasteiger partial charge is 0.347 e. The Bertz CT molecular complexity index is 1060. The molecule has 1 unspecified atom stereocenters. The zero-order chi connectivity index (χ0) is 21.0. The van der Waals surface area contributed by atoms with Crippen LogP contribution in [-0.2, 0) is 9.53 Å². The van der Waals surface area contributed by atoms with Crippen molar-refractivity contribution in [3.05, 3.63) is 64.0 Å². The summed E-state index contributed by atoms with van der Waals surface area (Å²) in [5.41, 5.74) is 2.14. The lowest BCUT2D eigenvalue weighted by Crippen LogP contribution is -2.28. The molecule has 0 saturated carbocycles. The maximum Gasteiger partial charge on any atom is 0.347 e. The van der Waals surface area contributed by atoms with E-state index < -0.39 is 12.1 Å². The Labute approximate surface area is 169 Å². The molecule has 2 aromatic carbocycles. The average Bonchev–Trinajstić information content (AvgIpc) is 2.67. The topological polar surface area (TPSA) is 75.0 Å². The fourth-order valence-electron chi connectivity index (χ4n) is 3.05. The zero-order valence-electron chi connectivity index (χ0n) is 17.0. The SMILES string of the molecule is CCOC(=O)C(CC)Oc1ccc2c(=O)c(Oc3cc(C)cc(C)c3)coc2c1. The predicted molar refractivity (Wildman–Crippen MR) is 110 cm³/mol. The minimum atomic E-state index is -0.716. The van der Waals surface area contributed by atoms with Crippen LogP contribution in [0.3, 0.4) is 0 Å². The molecule has 0 saturated heterocycles. The van der Waals surface area contributed by atoms with Crippen LogP contribution in [0.15, 0.2) is 51.9 Å². The maximum absolute atomic E-state index is 12.8. The quantitative estimate of drug-likeness (QED) is 0.528. The van der Waals surface area contributed by atoms with Crippen molar-refractivity contribution in [1.29, 1.82) is 0 Å². The van der Waals surface area contributed by atoms with E-state index in [9.17, 15) is 9.59 Å². The largest absolute Gasteiger partial charge is 0.479 e. The Morgan fingerprint density at radius 2 is 1.76 bits per heavy atom. The molecule has 0 amide bonds. The van der Waals surface area contributed by atoms with Crippen molar-refractivity contribution >= 4 is 16.9 Å². The Morgan fingerprint density at radius 1 is 1.03 bits per heavy atom. The number of fused-ring (bicyclic) bond motifs is 1. The van der Waals surface area contributed by atoms with E-state index >= 15 is 0 Å². The van der Waals surface area contributed by atoms with Gasteiger partial charge in [0.05, 0.1) is 12.0 Å². The predicted octanol–water partition coefficient (Wildman–Crippen LogP) is 4.92. The van der Waals surface area contributed by atoms with E-state index in [-0.39, 0.29) is 17.8 Å². The third-order valence-electron chi connectivity index (χ3n) is 4.34. The normalized spacial score (nSPS) is 11.9. The summed E-state index contributed by atoms with van der Waals surface area (Å²) >= 11 is 0. The van der Waals surface area contributed by atoms with Gasteiger partial charge in [-0.2, -0.15) is 0 Å². The number of esters is 1. The van der Waals surface area contributed by atoms with E-state index in [0.29, 0.717) is 28.9 Å². The number of carbonyl (C=O) groups is 1. The summed E-state index contributed by atoms with van der Waals surface area (Å²) in [5, 5.41) is 0.364. The molecule has 3 aromatic rings. The number of hydrogen-bond donors (Lipinski definition) is 0. The first-order valence-corrected chi connectivity index (χ1v) is 9.56. The highest BCUT2D eigenvalue weighted by molar-refractivity contribution is 5.79. The van der Waals surface area contributed by atoms with Gasteiger partial charge in [-0.1, -0.05) is 13.0 Å². The average molecular weight is 396 g/mol. The molecule has 0 N–H and O–H groups in total. The van der Waals surface area contributed by atoms with E-state index in [1.807, 2.05) is 39.0 Å². The Morgan fingerprint density at radius 3 is 2.41 bits per heavy atom. The molecule has 0 bridgehead atoms. The fourth-order valence-corrected chi connectivity index (χ4v) is 3.05. The molecule has 6 nitrogen and oxygen atoms in total. The number of carbonyl (C=O) groups excluding carboxylic acids is 1. The lowest BCUT2D eigenvalue weighted by molar-refractivity contribution is -0.151. The molecule has 3 rings (SSSR count). The summed E-state index contributed by atoms with van der Waals surface area (Å²) < 4.78 is 22.1. The van der Waals surface area contributed by atoms with Crippen LogP contribution in [0.4, 0.5) is 0 Å². The molecular formula is C23H24O6. The zero-order valence-corrected chi connectivity index (χ0v) is 17.0. The first-order chi connectivity index (χ1) is 13.9. The number of hydrogen-bond acceptors (Lipinski definition) is 6. The van der Waals surface area contributed by atoms with Crippen LogP contribution in [0.25, 0.3) is 11.0 Å². The van der Waals surface area contributed by atoms with Crippen LogP contribution in [0.2, 0.25) is 0 Å². The highest BCUT2D eigenvalue weighted by Gasteiger charge is 2.20. The number of rotatable bonds is 7. The van der Waals surface area contributed by atoms with Gasteiger partial charge in [0.1, 0.15) is 23.3 Å². The van der Waals surface area contributed by atoms with Gasteiger partial charge < -0.3 is 18.6 Å². The number of ether oxygens (including phenoxy) is 3. The Hall–Kier alpha value is -3.28. The molecular weight excluding hydrogens is 372 g/mol. The lowest BCUT2D eigenvalue weighted by Gasteiger charge is -2.16. The number of benzene rings is 2. The van der Waals surface area contributed by atoms with Crippen LogP contribution in [0, 0.1) is 13.8 Å². The minimum absolute atomic E-state index is 0.106. The highest BCUT2D eigenvalue weighted by Crippen LogP contribution is 2.26. The Balaban J connectivity index is 1.87. The van der Waals surface area contributed by atoms with Crippen LogP contribution in [0.1, 0.15) is 31.4 Å². The number of aryl methyl sites for hydroxylation is 2. The van der Waals surface area contributed by atoms with Crippen LogP contribution >= 0.6 is 0 Å². The summed E-state index contributed by atoms with van der Waals surface area (Å²) in [6, 6.07) is 10.5. The van der Waals surface area contributed by atoms with Gasteiger partial charge in [-0.05, 0) is 62.6 Å². The summed E-state index contributed by atoms with van der Waals surface area (Å²) in [6.07, 6.45) is 1.03. The molecule has 1 heterocycles. The van der Waals surface area contributed by atoms with E-state index in [0.717, 1.165) is 11.1 Å². The van der Waals surface area contributed by atoms with E-state index in [4.69, 9.17) is 18.6 Å². The molecule has 0 fully saturated rings. The monoisotopic (exact) mass is 396 g/mol. The molecule has 0 radical (unpaired) electrons. The second-order valence-electron chi connectivity index (χ2n) is 6.78. The summed E-state index contributed by atoms with van der Waals surface area (Å²) in [4.78, 5) is 24.7. The van der Waals surface area contributed by atoms with Gasteiger partial charge in [0.2, 0.25) is 11.2 Å². The van der Waals surface area contributed by atoms with Gasteiger partial charge in [0.25, 0.3) is 0 Å². The van der Waals surface area contributed by atoms with Crippen molar-refractivity contribution in [3.63, 3.8) is 0 Å². The molecule has 0 aliphatic carbocycles. The van der Waals surface area contributed by atoms with Crippen LogP contribution < -0.4 is 14.9 Å². The lowest BCUT2D eigenvalue weighted by atomic mass is 10.1. The van der Waals surface area contributed by atoms with Crippen LogP contribution in [0.5, 0.6) is 17.2 Å². The molecule has 1 atom stereocenters. The first kappa shape index (κ1) is 20.5. The van der Waals surface area contributed by atoms with Gasteiger partial charge in [-0.3, -0.25) is 4.79 Å². The maximum atomic E-state index is 12.8. The molecule has 6 heteroatoms. The summed E-state index contributed by atoms with van der Waals surface area (Å²) in [7, 11) is 0. The van der Waals surface area contributed by atoms with E-state index in [1.165, 1.54) is 6.26 Å². The van der Waals surface area contributed by atoms with Crippen molar-refractivity contribution in [3.8, 4) is 17.2 Å².